The maximum absolute atomic E-state index is 12.4. The fourth-order valence-electron chi connectivity index (χ4n) is 1.62. The second kappa shape index (κ2) is 6.67. The number of carbonyl (C=O) groups excluding carboxylic acids is 1. The third kappa shape index (κ3) is 3.88. The molecule has 2 rings (SSSR count). The summed E-state index contributed by atoms with van der Waals surface area (Å²) in [5.74, 6) is 0.138. The summed E-state index contributed by atoms with van der Waals surface area (Å²) < 4.78 is 6.06. The Morgan fingerprint density at radius 2 is 2.05 bits per heavy atom. The maximum Gasteiger partial charge on any atom is 0.261 e. The van der Waals surface area contributed by atoms with Crippen LogP contribution in [0.1, 0.15) is 36.1 Å². The highest BCUT2D eigenvalue weighted by atomic mass is 127. The van der Waals surface area contributed by atoms with Crippen LogP contribution >= 0.6 is 45.5 Å². The van der Waals surface area contributed by atoms with E-state index in [0.29, 0.717) is 21.5 Å². The summed E-state index contributed by atoms with van der Waals surface area (Å²) in [6.07, 6.45) is 0. The van der Waals surface area contributed by atoms with Gasteiger partial charge in [-0.3, -0.25) is 10.1 Å². The third-order valence-corrected chi connectivity index (χ3v) is 5.56. The van der Waals surface area contributed by atoms with Gasteiger partial charge in [0.15, 0.2) is 0 Å². The molecule has 2 aromatic rings. The molecule has 5 nitrogen and oxygen atoms in total. The fraction of sp³-hybridized carbons (Fsp3) is 0.357. The van der Waals surface area contributed by atoms with Crippen LogP contribution in [0.15, 0.2) is 12.1 Å². The molecule has 0 radical (unpaired) electrons. The predicted molar refractivity (Wildman–Crippen MR) is 97.3 cm³/mol. The van der Waals surface area contributed by atoms with Crippen molar-refractivity contribution in [3.05, 3.63) is 31.3 Å². The number of benzene rings is 1. The van der Waals surface area contributed by atoms with Crippen LogP contribution in [0.3, 0.4) is 0 Å². The van der Waals surface area contributed by atoms with Gasteiger partial charge in [0.25, 0.3) is 5.91 Å². The lowest BCUT2D eigenvalue weighted by atomic mass is 9.98. The van der Waals surface area contributed by atoms with E-state index in [4.69, 9.17) is 16.3 Å². The van der Waals surface area contributed by atoms with E-state index in [1.807, 2.05) is 20.8 Å². The standard InChI is InChI=1S/C14H15ClIN3O2S/c1-14(2,3)12-18-19-13(22-12)17-11(20)7-5-8(15)9(16)6-10(7)21-4/h5-6H,1-4H3,(H,17,19,20). The molecule has 0 aliphatic rings. The number of halogens is 2. The van der Waals surface area contributed by atoms with Crippen molar-refractivity contribution in [1.82, 2.24) is 10.2 Å². The highest BCUT2D eigenvalue weighted by Crippen LogP contribution is 2.31. The molecule has 0 saturated carbocycles. The van der Waals surface area contributed by atoms with E-state index >= 15 is 0 Å². The topological polar surface area (TPSA) is 64.1 Å². The van der Waals surface area contributed by atoms with Crippen molar-refractivity contribution in [2.75, 3.05) is 12.4 Å². The van der Waals surface area contributed by atoms with E-state index in [0.717, 1.165) is 8.58 Å². The van der Waals surface area contributed by atoms with E-state index in [9.17, 15) is 4.79 Å². The number of ether oxygens (including phenoxy) is 1. The van der Waals surface area contributed by atoms with Crippen LogP contribution in [-0.4, -0.2) is 23.2 Å². The number of nitrogens with one attached hydrogen (secondary N) is 1. The van der Waals surface area contributed by atoms with Crippen LogP contribution in [-0.2, 0) is 5.41 Å². The molecule has 22 heavy (non-hydrogen) atoms. The second-order valence-electron chi connectivity index (χ2n) is 5.58. The largest absolute Gasteiger partial charge is 0.496 e. The SMILES string of the molecule is COc1cc(I)c(Cl)cc1C(=O)Nc1nnc(C(C)(C)C)s1. The normalized spacial score (nSPS) is 11.4. The summed E-state index contributed by atoms with van der Waals surface area (Å²) in [4.78, 5) is 12.4. The molecule has 1 aromatic heterocycles. The molecule has 1 N–H and O–H groups in total. The molecule has 0 unspecified atom stereocenters. The molecule has 0 aliphatic carbocycles. The zero-order valence-corrected chi connectivity index (χ0v) is 16.3. The quantitative estimate of drug-likeness (QED) is 0.705. The van der Waals surface area contributed by atoms with Gasteiger partial charge in [-0.05, 0) is 34.7 Å². The Morgan fingerprint density at radius 1 is 1.36 bits per heavy atom. The van der Waals surface area contributed by atoms with Crippen molar-refractivity contribution in [3.63, 3.8) is 0 Å². The molecule has 0 spiro atoms. The zero-order chi connectivity index (χ0) is 16.5. The molecule has 118 valence electrons. The molecule has 0 fully saturated rings. The average Bonchev–Trinajstić information content (AvgIpc) is 2.89. The molecule has 1 heterocycles. The molecular weight excluding hydrogens is 437 g/mol. The minimum atomic E-state index is -0.327. The lowest BCUT2D eigenvalue weighted by molar-refractivity contribution is 0.102. The molecule has 0 aliphatic heterocycles. The molecule has 0 bridgehead atoms. The summed E-state index contributed by atoms with van der Waals surface area (Å²) in [6.45, 7) is 6.13. The van der Waals surface area contributed by atoms with Crippen LogP contribution in [0, 0.1) is 3.57 Å². The summed E-state index contributed by atoms with van der Waals surface area (Å²) in [5, 5.41) is 12.7. The highest BCUT2D eigenvalue weighted by molar-refractivity contribution is 14.1. The number of aromatic nitrogens is 2. The Balaban J connectivity index is 2.26. The smallest absolute Gasteiger partial charge is 0.261 e. The Labute approximate surface area is 151 Å². The summed E-state index contributed by atoms with van der Waals surface area (Å²) in [6, 6.07) is 3.31. The number of hydrogen-bond acceptors (Lipinski definition) is 5. The number of nitrogens with zero attached hydrogens (tertiary/aromatic N) is 2. The number of hydrogen-bond donors (Lipinski definition) is 1. The fourth-order valence-corrected chi connectivity index (χ4v) is 3.01. The minimum Gasteiger partial charge on any atom is -0.496 e. The van der Waals surface area contributed by atoms with E-state index in [1.165, 1.54) is 18.4 Å². The van der Waals surface area contributed by atoms with Gasteiger partial charge in [-0.15, -0.1) is 10.2 Å². The zero-order valence-electron chi connectivity index (χ0n) is 12.5. The van der Waals surface area contributed by atoms with E-state index < -0.39 is 0 Å². The van der Waals surface area contributed by atoms with Crippen LogP contribution in [0.25, 0.3) is 0 Å². The summed E-state index contributed by atoms with van der Waals surface area (Å²) >= 11 is 9.52. The van der Waals surface area contributed by atoms with Crippen LogP contribution in [0.5, 0.6) is 5.75 Å². The lowest BCUT2D eigenvalue weighted by Crippen LogP contribution is -2.13. The highest BCUT2D eigenvalue weighted by Gasteiger charge is 2.21. The minimum absolute atomic E-state index is 0.107. The van der Waals surface area contributed by atoms with Gasteiger partial charge in [-0.1, -0.05) is 43.7 Å². The molecule has 1 aromatic carbocycles. The maximum atomic E-state index is 12.4. The van der Waals surface area contributed by atoms with Crippen LogP contribution < -0.4 is 10.1 Å². The number of rotatable bonds is 3. The van der Waals surface area contributed by atoms with Gasteiger partial charge in [-0.25, -0.2) is 0 Å². The molecular formula is C14H15ClIN3O2S. The van der Waals surface area contributed by atoms with Gasteiger partial charge in [0.1, 0.15) is 10.8 Å². The van der Waals surface area contributed by atoms with E-state index in [-0.39, 0.29) is 11.3 Å². The number of anilines is 1. The first-order valence-electron chi connectivity index (χ1n) is 6.40. The Hall–Kier alpha value is -0.930. The van der Waals surface area contributed by atoms with Gasteiger partial charge in [0.2, 0.25) is 5.13 Å². The van der Waals surface area contributed by atoms with Gasteiger partial charge < -0.3 is 4.74 Å². The molecule has 0 atom stereocenters. The number of methoxy groups -OCH3 is 1. The Kier molecular flexibility index (Phi) is 5.29. The van der Waals surface area contributed by atoms with Gasteiger partial charge in [-0.2, -0.15) is 0 Å². The predicted octanol–water partition coefficient (Wildman–Crippen LogP) is 4.35. The van der Waals surface area contributed by atoms with Gasteiger partial charge in [0, 0.05) is 8.99 Å². The van der Waals surface area contributed by atoms with Crippen molar-refractivity contribution in [1.29, 1.82) is 0 Å². The summed E-state index contributed by atoms with van der Waals surface area (Å²) in [7, 11) is 1.51. The van der Waals surface area contributed by atoms with Gasteiger partial charge in [0.05, 0.1) is 17.7 Å². The van der Waals surface area contributed by atoms with Crippen LogP contribution in [0.2, 0.25) is 5.02 Å². The molecule has 8 heteroatoms. The third-order valence-electron chi connectivity index (χ3n) is 2.77. The van der Waals surface area contributed by atoms with Gasteiger partial charge >= 0.3 is 0 Å². The molecule has 1 amide bonds. The summed E-state index contributed by atoms with van der Waals surface area (Å²) in [5.41, 5.74) is 0.255. The molecule has 0 saturated heterocycles. The second-order valence-corrected chi connectivity index (χ2v) is 8.13. The van der Waals surface area contributed by atoms with E-state index in [1.54, 1.807) is 12.1 Å². The lowest BCUT2D eigenvalue weighted by Gasteiger charge is -2.12. The van der Waals surface area contributed by atoms with Crippen molar-refractivity contribution in [2.24, 2.45) is 0 Å². The van der Waals surface area contributed by atoms with Crippen molar-refractivity contribution < 1.29 is 9.53 Å². The number of carbonyl (C=O) groups is 1. The Morgan fingerprint density at radius 3 is 2.59 bits per heavy atom. The monoisotopic (exact) mass is 451 g/mol. The van der Waals surface area contributed by atoms with Crippen molar-refractivity contribution >= 4 is 56.6 Å². The van der Waals surface area contributed by atoms with Crippen molar-refractivity contribution in [3.8, 4) is 5.75 Å². The average molecular weight is 452 g/mol. The number of amides is 1. The first kappa shape index (κ1) is 17.4. The van der Waals surface area contributed by atoms with Crippen molar-refractivity contribution in [2.45, 2.75) is 26.2 Å². The first-order valence-corrected chi connectivity index (χ1v) is 8.68. The van der Waals surface area contributed by atoms with Crippen LogP contribution in [0.4, 0.5) is 5.13 Å². The Bertz CT molecular complexity index is 713. The first-order chi connectivity index (χ1) is 10.2. The van der Waals surface area contributed by atoms with E-state index in [2.05, 4.69) is 38.1 Å².